The van der Waals surface area contributed by atoms with Crippen molar-refractivity contribution in [2.24, 2.45) is 5.92 Å². The molecule has 1 aliphatic heterocycles. The quantitative estimate of drug-likeness (QED) is 0.605. The Hall–Kier alpha value is -0.0800. The molecule has 0 amide bonds. The van der Waals surface area contributed by atoms with Crippen LogP contribution in [-0.4, -0.2) is 49.1 Å². The molecule has 0 radical (unpaired) electrons. The molecule has 0 aromatic rings. The van der Waals surface area contributed by atoms with Crippen molar-refractivity contribution < 1.29 is 0 Å². The summed E-state index contributed by atoms with van der Waals surface area (Å²) in [4.78, 5) is 5.17. The zero-order chi connectivity index (χ0) is 9.26. The molecule has 1 saturated carbocycles. The van der Waals surface area contributed by atoms with E-state index in [4.69, 9.17) is 0 Å². The van der Waals surface area contributed by atoms with Gasteiger partial charge in [-0.2, -0.15) is 0 Å². The molecule has 2 rings (SSSR count). The monoisotopic (exact) mass is 182 g/mol. The average molecular weight is 182 g/mol. The van der Waals surface area contributed by atoms with Crippen LogP contribution in [0.4, 0.5) is 0 Å². The second-order valence-corrected chi connectivity index (χ2v) is 4.92. The minimum atomic E-state index is 0.932. The molecule has 0 aromatic carbocycles. The van der Waals surface area contributed by atoms with E-state index < -0.39 is 0 Å². The van der Waals surface area contributed by atoms with Crippen molar-refractivity contribution in [3.8, 4) is 0 Å². The Kier molecular flexibility index (Phi) is 2.89. The third kappa shape index (κ3) is 2.23. The van der Waals surface area contributed by atoms with Crippen LogP contribution in [0.1, 0.15) is 26.2 Å². The average Bonchev–Trinajstić information content (AvgIpc) is 2.25. The van der Waals surface area contributed by atoms with Crippen LogP contribution < -0.4 is 0 Å². The van der Waals surface area contributed by atoms with Crippen LogP contribution in [0.25, 0.3) is 0 Å². The Bertz CT molecular complexity index is 163. The maximum atomic E-state index is 2.71. The molecule has 0 bridgehead atoms. The van der Waals surface area contributed by atoms with Gasteiger partial charge >= 0.3 is 0 Å². The van der Waals surface area contributed by atoms with E-state index in [0.29, 0.717) is 0 Å². The molecule has 0 atom stereocenters. The van der Waals surface area contributed by atoms with Gasteiger partial charge < -0.3 is 4.90 Å². The predicted molar refractivity (Wildman–Crippen MR) is 55.9 cm³/mol. The second-order valence-electron chi connectivity index (χ2n) is 4.92. The molecule has 1 heterocycles. The van der Waals surface area contributed by atoms with E-state index >= 15 is 0 Å². The summed E-state index contributed by atoms with van der Waals surface area (Å²) >= 11 is 0. The van der Waals surface area contributed by atoms with E-state index in [1.165, 1.54) is 45.4 Å². The van der Waals surface area contributed by atoms with Gasteiger partial charge in [-0.3, -0.25) is 4.90 Å². The van der Waals surface area contributed by atoms with E-state index in [-0.39, 0.29) is 0 Å². The summed E-state index contributed by atoms with van der Waals surface area (Å²) < 4.78 is 0. The van der Waals surface area contributed by atoms with Gasteiger partial charge in [-0.05, 0) is 45.3 Å². The van der Waals surface area contributed by atoms with Crippen molar-refractivity contribution in [3.63, 3.8) is 0 Å². The fourth-order valence-electron chi connectivity index (χ4n) is 2.59. The summed E-state index contributed by atoms with van der Waals surface area (Å²) in [6.07, 6.45) is 4.26. The van der Waals surface area contributed by atoms with Crippen molar-refractivity contribution in [2.45, 2.75) is 32.2 Å². The summed E-state index contributed by atoms with van der Waals surface area (Å²) in [5.41, 5.74) is 0. The normalized spacial score (nSPS) is 38.3. The first-order valence-electron chi connectivity index (χ1n) is 5.68. The Morgan fingerprint density at radius 2 is 1.77 bits per heavy atom. The Morgan fingerprint density at radius 1 is 1.00 bits per heavy atom. The third-order valence-corrected chi connectivity index (χ3v) is 3.62. The molecular formula is C11H22N2. The molecule has 2 heteroatoms. The molecular weight excluding hydrogens is 160 g/mol. The lowest BCUT2D eigenvalue weighted by molar-refractivity contribution is 0.0902. The van der Waals surface area contributed by atoms with Gasteiger partial charge in [0.25, 0.3) is 0 Å². The van der Waals surface area contributed by atoms with Gasteiger partial charge in [0.2, 0.25) is 0 Å². The van der Waals surface area contributed by atoms with Crippen LogP contribution in [0.15, 0.2) is 0 Å². The van der Waals surface area contributed by atoms with Gasteiger partial charge in [0.1, 0.15) is 0 Å². The van der Waals surface area contributed by atoms with Crippen molar-refractivity contribution in [1.29, 1.82) is 0 Å². The second kappa shape index (κ2) is 3.97. The molecule has 0 unspecified atom stereocenters. The fourth-order valence-corrected chi connectivity index (χ4v) is 2.59. The minimum Gasteiger partial charge on any atom is -0.305 e. The molecule has 2 fully saturated rings. The van der Waals surface area contributed by atoms with Crippen molar-refractivity contribution >= 4 is 0 Å². The van der Waals surface area contributed by atoms with Crippen LogP contribution in [0.5, 0.6) is 0 Å². The number of hydrogen-bond donors (Lipinski definition) is 0. The van der Waals surface area contributed by atoms with E-state index in [1.807, 2.05) is 0 Å². The largest absolute Gasteiger partial charge is 0.305 e. The molecule has 0 spiro atoms. The van der Waals surface area contributed by atoms with E-state index in [0.717, 1.165) is 12.0 Å². The lowest BCUT2D eigenvalue weighted by Gasteiger charge is -2.41. The van der Waals surface area contributed by atoms with Crippen molar-refractivity contribution in [2.75, 3.05) is 33.2 Å². The number of nitrogens with zero attached hydrogens (tertiary/aromatic N) is 2. The zero-order valence-corrected chi connectivity index (χ0v) is 9.00. The molecule has 13 heavy (non-hydrogen) atoms. The first kappa shape index (κ1) is 9.47. The number of likely N-dealkylation sites (N-methyl/N-ethyl adjacent to an activating group) is 1. The Labute approximate surface area is 81.9 Å². The smallest absolute Gasteiger partial charge is 0.0112 e. The Morgan fingerprint density at radius 3 is 2.46 bits per heavy atom. The maximum absolute atomic E-state index is 2.71. The van der Waals surface area contributed by atoms with Gasteiger partial charge in [-0.1, -0.05) is 6.92 Å². The molecule has 0 aromatic heterocycles. The van der Waals surface area contributed by atoms with Gasteiger partial charge in [0.05, 0.1) is 0 Å². The summed E-state index contributed by atoms with van der Waals surface area (Å²) in [5.74, 6) is 0.992. The fraction of sp³-hybridized carbons (Fsp3) is 1.00. The predicted octanol–water partition coefficient (Wildman–Crippen LogP) is 1.42. The van der Waals surface area contributed by atoms with Gasteiger partial charge in [0, 0.05) is 19.1 Å². The maximum Gasteiger partial charge on any atom is 0.0112 e. The minimum absolute atomic E-state index is 0.932. The van der Waals surface area contributed by atoms with Gasteiger partial charge in [-0.25, -0.2) is 0 Å². The van der Waals surface area contributed by atoms with Gasteiger partial charge in [-0.15, -0.1) is 0 Å². The summed E-state index contributed by atoms with van der Waals surface area (Å²) in [6, 6.07) is 0.932. The van der Waals surface area contributed by atoms with Crippen LogP contribution in [0, 0.1) is 5.92 Å². The third-order valence-electron chi connectivity index (χ3n) is 3.62. The SMILES string of the molecule is CC1CC(N2CCCN(C)CC2)C1. The van der Waals surface area contributed by atoms with Crippen molar-refractivity contribution in [1.82, 2.24) is 9.80 Å². The zero-order valence-electron chi connectivity index (χ0n) is 9.00. The highest BCUT2D eigenvalue weighted by atomic mass is 15.2. The van der Waals surface area contributed by atoms with E-state index in [2.05, 4.69) is 23.8 Å². The Balaban J connectivity index is 1.79. The number of hydrogen-bond acceptors (Lipinski definition) is 2. The molecule has 76 valence electrons. The summed E-state index contributed by atoms with van der Waals surface area (Å²) in [7, 11) is 2.24. The first-order valence-corrected chi connectivity index (χ1v) is 5.68. The molecule has 1 aliphatic carbocycles. The topological polar surface area (TPSA) is 6.48 Å². The summed E-state index contributed by atoms with van der Waals surface area (Å²) in [5, 5.41) is 0. The first-order chi connectivity index (χ1) is 6.25. The lowest BCUT2D eigenvalue weighted by atomic mass is 9.81. The molecule has 2 aliphatic rings. The molecule has 0 N–H and O–H groups in total. The highest BCUT2D eigenvalue weighted by molar-refractivity contribution is 4.86. The van der Waals surface area contributed by atoms with E-state index in [1.54, 1.807) is 0 Å². The van der Waals surface area contributed by atoms with Gasteiger partial charge in [0.15, 0.2) is 0 Å². The van der Waals surface area contributed by atoms with E-state index in [9.17, 15) is 0 Å². The summed E-state index contributed by atoms with van der Waals surface area (Å²) in [6.45, 7) is 7.57. The highest BCUT2D eigenvalue weighted by Gasteiger charge is 2.30. The van der Waals surface area contributed by atoms with Crippen molar-refractivity contribution in [3.05, 3.63) is 0 Å². The standard InChI is InChI=1S/C11H22N2/c1-10-8-11(9-10)13-5-3-4-12(2)6-7-13/h10-11H,3-9H2,1-2H3. The lowest BCUT2D eigenvalue weighted by Crippen LogP contribution is -2.45. The number of rotatable bonds is 1. The van der Waals surface area contributed by atoms with Crippen LogP contribution in [-0.2, 0) is 0 Å². The molecule has 2 nitrogen and oxygen atoms in total. The van der Waals surface area contributed by atoms with Crippen LogP contribution >= 0.6 is 0 Å². The van der Waals surface area contributed by atoms with Crippen LogP contribution in [0.3, 0.4) is 0 Å². The van der Waals surface area contributed by atoms with Crippen LogP contribution in [0.2, 0.25) is 0 Å². The molecule has 1 saturated heterocycles. The highest BCUT2D eigenvalue weighted by Crippen LogP contribution is 2.31.